The average Bonchev–Trinajstić information content (AvgIpc) is 2.91. The van der Waals surface area contributed by atoms with Crippen molar-refractivity contribution in [2.24, 2.45) is 0 Å². The van der Waals surface area contributed by atoms with Crippen LogP contribution in [0.3, 0.4) is 0 Å². The number of sulfone groups is 1. The van der Waals surface area contributed by atoms with Crippen molar-refractivity contribution in [2.45, 2.75) is 12.5 Å². The summed E-state index contributed by atoms with van der Waals surface area (Å²) in [4.78, 5) is 27.3. The molecule has 0 N–H and O–H groups in total. The van der Waals surface area contributed by atoms with E-state index >= 15 is 0 Å². The number of carbonyl (C=O) groups is 2. The van der Waals surface area contributed by atoms with E-state index in [1.54, 1.807) is 24.3 Å². The summed E-state index contributed by atoms with van der Waals surface area (Å²) in [5.41, 5.74) is 1.31. The number of nitrogens with zero attached hydrogens (tertiary/aromatic N) is 2. The van der Waals surface area contributed by atoms with Crippen LogP contribution in [0.4, 0.5) is 5.69 Å². The second-order valence-electron chi connectivity index (χ2n) is 6.08. The van der Waals surface area contributed by atoms with Crippen LogP contribution in [0, 0.1) is 0 Å². The Balaban J connectivity index is 1.88. The summed E-state index contributed by atoms with van der Waals surface area (Å²) in [5.74, 6) is -0.931. The fourth-order valence-electron chi connectivity index (χ4n) is 2.49. The first-order valence-electron chi connectivity index (χ1n) is 7.60. The zero-order valence-electron chi connectivity index (χ0n) is 14.1. The van der Waals surface area contributed by atoms with Gasteiger partial charge in [-0.15, -0.1) is 0 Å². The van der Waals surface area contributed by atoms with Crippen molar-refractivity contribution in [3.63, 3.8) is 0 Å². The normalized spacial score (nSPS) is 18.9. The molecule has 1 fully saturated rings. The molecule has 1 aromatic rings. The van der Waals surface area contributed by atoms with E-state index in [4.69, 9.17) is 4.74 Å². The first-order valence-corrected chi connectivity index (χ1v) is 9.42. The second kappa shape index (κ2) is 7.21. The van der Waals surface area contributed by atoms with Crippen LogP contribution < -0.4 is 4.90 Å². The maximum atomic E-state index is 12.1. The van der Waals surface area contributed by atoms with E-state index in [2.05, 4.69) is 0 Å². The average molecular weight is 354 g/mol. The van der Waals surface area contributed by atoms with Gasteiger partial charge in [-0.25, -0.2) is 13.2 Å². The summed E-state index contributed by atoms with van der Waals surface area (Å²) in [6.45, 7) is -0.401. The summed E-state index contributed by atoms with van der Waals surface area (Å²) in [6, 6.07) is 6.49. The Bertz CT molecular complexity index is 712. The van der Waals surface area contributed by atoms with E-state index in [1.165, 1.54) is 11.9 Å². The first kappa shape index (κ1) is 18.3. The molecule has 8 heteroatoms. The van der Waals surface area contributed by atoms with Crippen LogP contribution in [-0.2, 0) is 19.4 Å². The van der Waals surface area contributed by atoms with Gasteiger partial charge in [0, 0.05) is 32.9 Å². The van der Waals surface area contributed by atoms with Crippen LogP contribution in [0.15, 0.2) is 24.3 Å². The van der Waals surface area contributed by atoms with Gasteiger partial charge in [0.1, 0.15) is 0 Å². The first-order chi connectivity index (χ1) is 11.2. The van der Waals surface area contributed by atoms with E-state index < -0.39 is 28.3 Å². The minimum atomic E-state index is -3.07. The van der Waals surface area contributed by atoms with E-state index in [-0.39, 0.29) is 17.5 Å². The number of carbonyl (C=O) groups excluding carboxylic acids is 2. The fourth-order valence-corrected chi connectivity index (χ4v) is 4.27. The van der Waals surface area contributed by atoms with Gasteiger partial charge in [-0.2, -0.15) is 0 Å². The van der Waals surface area contributed by atoms with Gasteiger partial charge in [0.15, 0.2) is 16.4 Å². The van der Waals surface area contributed by atoms with Crippen molar-refractivity contribution >= 4 is 27.4 Å². The molecule has 0 spiro atoms. The molecule has 1 aromatic carbocycles. The van der Waals surface area contributed by atoms with Gasteiger partial charge < -0.3 is 14.5 Å². The molecule has 1 aliphatic rings. The Morgan fingerprint density at radius 1 is 1.17 bits per heavy atom. The highest BCUT2D eigenvalue weighted by Gasteiger charge is 2.32. The SMILES string of the molecule is CN(C)c1ccc(C(=O)OCC(=O)N(C)C2CCS(=O)(=O)C2)cc1. The predicted octanol–water partition coefficient (Wildman–Crippen LogP) is 0.555. The molecule has 0 aromatic heterocycles. The van der Waals surface area contributed by atoms with Crippen LogP contribution in [0.1, 0.15) is 16.8 Å². The van der Waals surface area contributed by atoms with Crippen LogP contribution in [0.5, 0.6) is 0 Å². The van der Waals surface area contributed by atoms with Crippen molar-refractivity contribution in [3.8, 4) is 0 Å². The van der Waals surface area contributed by atoms with Crippen molar-refractivity contribution < 1.29 is 22.7 Å². The van der Waals surface area contributed by atoms with Gasteiger partial charge in [0.05, 0.1) is 17.1 Å². The molecule has 0 aliphatic carbocycles. The molecule has 24 heavy (non-hydrogen) atoms. The van der Waals surface area contributed by atoms with Crippen molar-refractivity contribution in [1.82, 2.24) is 4.90 Å². The van der Waals surface area contributed by atoms with Gasteiger partial charge in [-0.05, 0) is 30.7 Å². The van der Waals surface area contributed by atoms with E-state index in [9.17, 15) is 18.0 Å². The second-order valence-corrected chi connectivity index (χ2v) is 8.31. The molecule has 1 amide bonds. The molecular formula is C16H22N2O5S. The Kier molecular flexibility index (Phi) is 5.48. The molecule has 2 rings (SSSR count). The predicted molar refractivity (Wildman–Crippen MR) is 90.9 cm³/mol. The Hall–Kier alpha value is -2.09. The van der Waals surface area contributed by atoms with Crippen molar-refractivity contribution in [2.75, 3.05) is 44.2 Å². The van der Waals surface area contributed by atoms with E-state index in [1.807, 2.05) is 19.0 Å². The lowest BCUT2D eigenvalue weighted by molar-refractivity contribution is -0.134. The largest absolute Gasteiger partial charge is 0.452 e. The van der Waals surface area contributed by atoms with E-state index in [0.29, 0.717) is 12.0 Å². The number of rotatable bonds is 5. The van der Waals surface area contributed by atoms with Crippen molar-refractivity contribution in [3.05, 3.63) is 29.8 Å². The summed E-state index contributed by atoms with van der Waals surface area (Å²) < 4.78 is 28.0. The highest BCUT2D eigenvalue weighted by atomic mass is 32.2. The molecule has 7 nitrogen and oxygen atoms in total. The van der Waals surface area contributed by atoms with Gasteiger partial charge in [0.2, 0.25) is 0 Å². The highest BCUT2D eigenvalue weighted by molar-refractivity contribution is 7.91. The van der Waals surface area contributed by atoms with Crippen molar-refractivity contribution in [1.29, 1.82) is 0 Å². The lowest BCUT2D eigenvalue weighted by atomic mass is 10.2. The summed E-state index contributed by atoms with van der Waals surface area (Å²) >= 11 is 0. The Morgan fingerprint density at radius 2 is 1.79 bits per heavy atom. The lowest BCUT2D eigenvalue weighted by Crippen LogP contribution is -2.40. The third kappa shape index (κ3) is 4.47. The standard InChI is InChI=1S/C16H22N2O5S/c1-17(2)13-6-4-12(5-7-13)16(20)23-10-15(19)18(3)14-8-9-24(21,22)11-14/h4-7,14H,8-11H2,1-3H3. The maximum Gasteiger partial charge on any atom is 0.338 e. The molecular weight excluding hydrogens is 332 g/mol. The number of ether oxygens (including phenoxy) is 1. The number of likely N-dealkylation sites (N-methyl/N-ethyl adjacent to an activating group) is 1. The van der Waals surface area contributed by atoms with Gasteiger partial charge in [0.25, 0.3) is 5.91 Å². The van der Waals surface area contributed by atoms with Gasteiger partial charge in [-0.1, -0.05) is 0 Å². The third-order valence-electron chi connectivity index (χ3n) is 4.10. The lowest BCUT2D eigenvalue weighted by Gasteiger charge is -2.23. The molecule has 1 saturated heterocycles. The monoisotopic (exact) mass is 354 g/mol. The summed E-state index contributed by atoms with van der Waals surface area (Å²) in [6.07, 6.45) is 0.421. The maximum absolute atomic E-state index is 12.1. The van der Waals surface area contributed by atoms with Crippen LogP contribution in [-0.4, -0.2) is 70.5 Å². The van der Waals surface area contributed by atoms with Crippen LogP contribution in [0.25, 0.3) is 0 Å². The van der Waals surface area contributed by atoms with Crippen LogP contribution >= 0.6 is 0 Å². The number of hydrogen-bond acceptors (Lipinski definition) is 6. The molecule has 0 bridgehead atoms. The molecule has 1 heterocycles. The summed E-state index contributed by atoms with van der Waals surface area (Å²) in [5, 5.41) is 0. The molecule has 0 saturated carbocycles. The topological polar surface area (TPSA) is 84.0 Å². The van der Waals surface area contributed by atoms with E-state index in [0.717, 1.165) is 5.69 Å². The van der Waals surface area contributed by atoms with Crippen LogP contribution in [0.2, 0.25) is 0 Å². The number of benzene rings is 1. The zero-order valence-corrected chi connectivity index (χ0v) is 14.9. The smallest absolute Gasteiger partial charge is 0.338 e. The Labute approximate surface area is 142 Å². The quantitative estimate of drug-likeness (QED) is 0.718. The highest BCUT2D eigenvalue weighted by Crippen LogP contribution is 2.17. The molecule has 1 atom stereocenters. The molecule has 1 aliphatic heterocycles. The molecule has 132 valence electrons. The molecule has 0 radical (unpaired) electrons. The number of amides is 1. The third-order valence-corrected chi connectivity index (χ3v) is 5.85. The fraction of sp³-hybridized carbons (Fsp3) is 0.500. The minimum Gasteiger partial charge on any atom is -0.452 e. The van der Waals surface area contributed by atoms with Gasteiger partial charge >= 0.3 is 5.97 Å². The number of anilines is 1. The summed E-state index contributed by atoms with van der Waals surface area (Å²) in [7, 11) is 2.26. The Morgan fingerprint density at radius 3 is 2.29 bits per heavy atom. The molecule has 1 unspecified atom stereocenters. The number of esters is 1. The minimum absolute atomic E-state index is 0.0326. The zero-order chi connectivity index (χ0) is 17.9. The number of hydrogen-bond donors (Lipinski definition) is 0. The van der Waals surface area contributed by atoms with Gasteiger partial charge in [-0.3, -0.25) is 4.79 Å².